The molecule has 1 aliphatic carbocycles. The third-order valence-corrected chi connectivity index (χ3v) is 6.12. The molecule has 2 rings (SSSR count). The Hall–Kier alpha value is -0.620. The number of nitrogens with two attached hydrogens (primary N) is 1. The molecule has 1 saturated carbocycles. The predicted octanol–water partition coefficient (Wildman–Crippen LogP) is 2.44. The second-order valence-electron chi connectivity index (χ2n) is 5.40. The molecule has 0 spiro atoms. The maximum atomic E-state index is 12.5. The molecule has 112 valence electrons. The Balaban J connectivity index is 2.23. The van der Waals surface area contributed by atoms with Crippen LogP contribution < -0.4 is 10.5 Å². The van der Waals surface area contributed by atoms with Crippen LogP contribution in [0.3, 0.4) is 0 Å². The lowest BCUT2D eigenvalue weighted by Crippen LogP contribution is -2.44. The number of aryl methyl sites for hydroxylation is 1. The lowest BCUT2D eigenvalue weighted by molar-refractivity contribution is 0.405. The van der Waals surface area contributed by atoms with Crippen molar-refractivity contribution < 1.29 is 8.42 Å². The molecular formula is C14H21ClN2O2S. The number of halogens is 1. The van der Waals surface area contributed by atoms with E-state index in [4.69, 9.17) is 17.3 Å². The zero-order chi connectivity index (χ0) is 14.8. The molecule has 0 saturated heterocycles. The van der Waals surface area contributed by atoms with Gasteiger partial charge in [0.2, 0.25) is 10.0 Å². The molecule has 0 aromatic heterocycles. The monoisotopic (exact) mass is 316 g/mol. The zero-order valence-electron chi connectivity index (χ0n) is 11.6. The normalized spacial score (nSPS) is 18.4. The number of sulfonamides is 1. The summed E-state index contributed by atoms with van der Waals surface area (Å²) in [6.45, 7) is 2.10. The van der Waals surface area contributed by atoms with E-state index in [1.807, 2.05) is 0 Å². The van der Waals surface area contributed by atoms with E-state index in [1.165, 1.54) is 6.07 Å². The van der Waals surface area contributed by atoms with Gasteiger partial charge in [0.1, 0.15) is 4.90 Å². The minimum Gasteiger partial charge on any atom is -0.329 e. The van der Waals surface area contributed by atoms with Crippen molar-refractivity contribution in [2.24, 2.45) is 11.7 Å². The quantitative estimate of drug-likeness (QED) is 0.876. The Morgan fingerprint density at radius 3 is 2.65 bits per heavy atom. The third kappa shape index (κ3) is 3.34. The second-order valence-corrected chi connectivity index (χ2v) is 7.46. The summed E-state index contributed by atoms with van der Waals surface area (Å²) in [5.74, 6) is 0.332. The van der Waals surface area contributed by atoms with Crippen LogP contribution in [0.2, 0.25) is 5.02 Å². The summed E-state index contributed by atoms with van der Waals surface area (Å²) in [7, 11) is -3.62. The van der Waals surface area contributed by atoms with Crippen LogP contribution in [0, 0.1) is 12.8 Å². The molecule has 1 aliphatic rings. The van der Waals surface area contributed by atoms with E-state index in [9.17, 15) is 8.42 Å². The molecular weight excluding hydrogens is 296 g/mol. The molecule has 0 heterocycles. The van der Waals surface area contributed by atoms with Gasteiger partial charge in [0.05, 0.1) is 5.02 Å². The average Bonchev–Trinajstić information content (AvgIpc) is 2.93. The summed E-state index contributed by atoms with van der Waals surface area (Å²) in [6.07, 6.45) is 4.36. The topological polar surface area (TPSA) is 72.2 Å². The lowest BCUT2D eigenvalue weighted by Gasteiger charge is -2.23. The number of hydrogen-bond acceptors (Lipinski definition) is 3. The van der Waals surface area contributed by atoms with Gasteiger partial charge in [-0.05, 0) is 37.3 Å². The zero-order valence-corrected chi connectivity index (χ0v) is 13.2. The van der Waals surface area contributed by atoms with Crippen LogP contribution in [0.25, 0.3) is 0 Å². The first-order valence-electron chi connectivity index (χ1n) is 6.93. The Morgan fingerprint density at radius 2 is 2.05 bits per heavy atom. The SMILES string of the molecule is Cc1cccc(S(=O)(=O)NC(CN)C2CCCC2)c1Cl. The molecule has 0 aliphatic heterocycles. The molecule has 1 aromatic rings. The van der Waals surface area contributed by atoms with Crippen molar-refractivity contribution in [1.82, 2.24) is 4.72 Å². The first-order valence-corrected chi connectivity index (χ1v) is 8.79. The minimum atomic E-state index is -3.62. The smallest absolute Gasteiger partial charge is 0.242 e. The van der Waals surface area contributed by atoms with Gasteiger partial charge in [-0.3, -0.25) is 0 Å². The van der Waals surface area contributed by atoms with Crippen molar-refractivity contribution in [2.45, 2.75) is 43.5 Å². The maximum absolute atomic E-state index is 12.5. The van der Waals surface area contributed by atoms with Crippen LogP contribution in [0.5, 0.6) is 0 Å². The standard InChI is InChI=1S/C14H21ClN2O2S/c1-10-5-4-8-13(14(10)15)20(18,19)17-12(9-16)11-6-2-3-7-11/h4-5,8,11-12,17H,2-3,6-7,9,16H2,1H3. The highest BCUT2D eigenvalue weighted by Crippen LogP contribution is 2.29. The first-order chi connectivity index (χ1) is 9.45. The molecule has 1 aromatic carbocycles. The Labute approximate surface area is 125 Å². The molecule has 1 unspecified atom stereocenters. The van der Waals surface area contributed by atoms with Gasteiger partial charge >= 0.3 is 0 Å². The van der Waals surface area contributed by atoms with Crippen molar-refractivity contribution in [3.05, 3.63) is 28.8 Å². The van der Waals surface area contributed by atoms with Crippen LogP contribution >= 0.6 is 11.6 Å². The van der Waals surface area contributed by atoms with Crippen LogP contribution in [0.4, 0.5) is 0 Å². The number of nitrogens with one attached hydrogen (secondary N) is 1. The lowest BCUT2D eigenvalue weighted by atomic mass is 9.99. The number of rotatable bonds is 5. The summed E-state index contributed by atoms with van der Waals surface area (Å²) in [4.78, 5) is 0.135. The molecule has 0 amide bonds. The fourth-order valence-electron chi connectivity index (χ4n) is 2.79. The van der Waals surface area contributed by atoms with E-state index >= 15 is 0 Å². The maximum Gasteiger partial charge on any atom is 0.242 e. The highest BCUT2D eigenvalue weighted by molar-refractivity contribution is 7.89. The summed E-state index contributed by atoms with van der Waals surface area (Å²) in [5.41, 5.74) is 6.50. The minimum absolute atomic E-state index is 0.135. The van der Waals surface area contributed by atoms with Gasteiger partial charge in [0.25, 0.3) is 0 Å². The van der Waals surface area contributed by atoms with Gasteiger partial charge in [-0.2, -0.15) is 0 Å². The van der Waals surface area contributed by atoms with E-state index in [0.717, 1.165) is 31.2 Å². The second kappa shape index (κ2) is 6.43. The fraction of sp³-hybridized carbons (Fsp3) is 0.571. The van der Waals surface area contributed by atoms with Crippen molar-refractivity contribution in [3.63, 3.8) is 0 Å². The summed E-state index contributed by atoms with van der Waals surface area (Å²) in [6, 6.07) is 4.81. The molecule has 0 radical (unpaired) electrons. The van der Waals surface area contributed by atoms with E-state index in [2.05, 4.69) is 4.72 Å². The van der Waals surface area contributed by atoms with Crippen molar-refractivity contribution in [3.8, 4) is 0 Å². The molecule has 20 heavy (non-hydrogen) atoms. The number of benzene rings is 1. The van der Waals surface area contributed by atoms with E-state index in [0.29, 0.717) is 12.5 Å². The fourth-order valence-corrected chi connectivity index (χ4v) is 4.69. The summed E-state index contributed by atoms with van der Waals surface area (Å²) in [5, 5.41) is 0.280. The molecule has 6 heteroatoms. The molecule has 3 N–H and O–H groups in total. The number of hydrogen-bond donors (Lipinski definition) is 2. The van der Waals surface area contributed by atoms with Crippen molar-refractivity contribution in [2.75, 3.05) is 6.54 Å². The van der Waals surface area contributed by atoms with Crippen LogP contribution in [0.15, 0.2) is 23.1 Å². The molecule has 4 nitrogen and oxygen atoms in total. The highest BCUT2D eigenvalue weighted by atomic mass is 35.5. The Kier molecular flexibility index (Phi) is 5.07. The third-order valence-electron chi connectivity index (χ3n) is 3.98. The van der Waals surface area contributed by atoms with Crippen LogP contribution in [-0.2, 0) is 10.0 Å². The Morgan fingerprint density at radius 1 is 1.40 bits per heavy atom. The van der Waals surface area contributed by atoms with E-state index in [1.54, 1.807) is 19.1 Å². The van der Waals surface area contributed by atoms with E-state index in [-0.39, 0.29) is 16.0 Å². The van der Waals surface area contributed by atoms with Crippen molar-refractivity contribution in [1.29, 1.82) is 0 Å². The largest absolute Gasteiger partial charge is 0.329 e. The van der Waals surface area contributed by atoms with Gasteiger partial charge in [-0.15, -0.1) is 0 Å². The van der Waals surface area contributed by atoms with Crippen LogP contribution in [0.1, 0.15) is 31.2 Å². The van der Waals surface area contributed by atoms with Gasteiger partial charge < -0.3 is 5.73 Å². The predicted molar refractivity (Wildman–Crippen MR) is 81.3 cm³/mol. The van der Waals surface area contributed by atoms with Gasteiger partial charge in [-0.25, -0.2) is 13.1 Å². The highest BCUT2D eigenvalue weighted by Gasteiger charge is 2.29. The first kappa shape index (κ1) is 15.8. The van der Waals surface area contributed by atoms with Crippen molar-refractivity contribution >= 4 is 21.6 Å². The average molecular weight is 317 g/mol. The Bertz CT molecular complexity index is 569. The van der Waals surface area contributed by atoms with Gasteiger partial charge in [0, 0.05) is 12.6 Å². The molecule has 1 fully saturated rings. The summed E-state index contributed by atoms with van der Waals surface area (Å²) < 4.78 is 27.7. The van der Waals surface area contributed by atoms with Gasteiger partial charge in [0.15, 0.2) is 0 Å². The van der Waals surface area contributed by atoms with Crippen LogP contribution in [-0.4, -0.2) is 21.0 Å². The molecule has 1 atom stereocenters. The van der Waals surface area contributed by atoms with E-state index < -0.39 is 10.0 Å². The molecule has 0 bridgehead atoms. The summed E-state index contributed by atoms with van der Waals surface area (Å²) >= 11 is 6.11. The van der Waals surface area contributed by atoms with Gasteiger partial charge in [-0.1, -0.05) is 36.6 Å².